The van der Waals surface area contributed by atoms with Crippen LogP contribution in [0.1, 0.15) is 31.9 Å². The number of nitrogens with one attached hydrogen (secondary N) is 1. The number of aromatic nitrogens is 6. The van der Waals surface area contributed by atoms with E-state index in [0.717, 1.165) is 29.4 Å². The molecule has 0 saturated carbocycles. The molecule has 0 unspecified atom stereocenters. The first-order chi connectivity index (χ1) is 16.0. The summed E-state index contributed by atoms with van der Waals surface area (Å²) >= 11 is 6.75. The highest BCUT2D eigenvalue weighted by atomic mass is 35.5. The van der Waals surface area contributed by atoms with Crippen LogP contribution in [-0.4, -0.2) is 59.3 Å². The minimum absolute atomic E-state index is 0.0828. The summed E-state index contributed by atoms with van der Waals surface area (Å²) in [5.74, 6) is 0.482. The van der Waals surface area contributed by atoms with Crippen molar-refractivity contribution in [3.8, 4) is 11.3 Å². The van der Waals surface area contributed by atoms with Crippen LogP contribution in [0.5, 0.6) is 0 Å². The van der Waals surface area contributed by atoms with E-state index in [-0.39, 0.29) is 18.7 Å². The zero-order valence-corrected chi connectivity index (χ0v) is 18.8. The lowest BCUT2D eigenvalue weighted by Gasteiger charge is -2.41. The van der Waals surface area contributed by atoms with E-state index in [2.05, 4.69) is 15.3 Å². The van der Waals surface area contributed by atoms with Crippen LogP contribution in [0.3, 0.4) is 0 Å². The van der Waals surface area contributed by atoms with Crippen LogP contribution in [0, 0.1) is 0 Å². The van der Waals surface area contributed by atoms with Crippen molar-refractivity contribution in [2.24, 2.45) is 5.73 Å². The van der Waals surface area contributed by atoms with Gasteiger partial charge in [0, 0.05) is 35.8 Å². The summed E-state index contributed by atoms with van der Waals surface area (Å²) in [5, 5.41) is 23.4. The number of aromatic amines is 1. The van der Waals surface area contributed by atoms with Gasteiger partial charge in [0.1, 0.15) is 17.4 Å². The molecule has 2 aliphatic heterocycles. The van der Waals surface area contributed by atoms with Crippen molar-refractivity contribution in [1.29, 1.82) is 0 Å². The minimum Gasteiger partial charge on any atom is -0.390 e. The first-order valence-corrected chi connectivity index (χ1v) is 11.6. The van der Waals surface area contributed by atoms with Gasteiger partial charge in [-0.1, -0.05) is 11.6 Å². The Hall–Kier alpha value is -2.82. The second-order valence-corrected chi connectivity index (χ2v) is 9.20. The summed E-state index contributed by atoms with van der Waals surface area (Å²) in [6, 6.07) is 3.03. The van der Waals surface area contributed by atoms with Gasteiger partial charge in [0.05, 0.1) is 28.9 Å². The van der Waals surface area contributed by atoms with Crippen LogP contribution in [-0.2, 0) is 13.2 Å². The summed E-state index contributed by atoms with van der Waals surface area (Å²) in [6.45, 7) is 2.43. The maximum Gasteiger partial charge on any atom is 0.202 e. The normalized spacial score (nSPS) is 24.9. The van der Waals surface area contributed by atoms with Crippen LogP contribution < -0.4 is 10.6 Å². The quantitative estimate of drug-likeness (QED) is 0.419. The number of piperidine rings is 1. The first-order valence-electron chi connectivity index (χ1n) is 11.2. The Bertz CT molecular complexity index is 1370. The third kappa shape index (κ3) is 3.04. The first kappa shape index (κ1) is 20.8. The number of alkyl halides is 1. The molecule has 0 radical (unpaired) electrons. The van der Waals surface area contributed by atoms with E-state index in [1.165, 1.54) is 0 Å². The Balaban J connectivity index is 1.47. The Labute approximate surface area is 193 Å². The summed E-state index contributed by atoms with van der Waals surface area (Å²) in [6.07, 6.45) is 2.87. The van der Waals surface area contributed by atoms with Gasteiger partial charge >= 0.3 is 0 Å². The van der Waals surface area contributed by atoms with Gasteiger partial charge in [-0.2, -0.15) is 10.2 Å². The van der Waals surface area contributed by atoms with Gasteiger partial charge in [-0.05, 0) is 38.3 Å². The molecule has 2 aliphatic rings. The van der Waals surface area contributed by atoms with Crippen molar-refractivity contribution >= 4 is 39.5 Å². The van der Waals surface area contributed by atoms with E-state index >= 15 is 0 Å². The minimum atomic E-state index is -1.14. The van der Waals surface area contributed by atoms with Crippen molar-refractivity contribution in [3.05, 3.63) is 29.0 Å². The molecule has 4 N–H and O–H groups in total. The lowest BCUT2D eigenvalue weighted by molar-refractivity contribution is 0.202. The maximum absolute atomic E-state index is 14.9. The number of H-pyrrole nitrogens is 1. The second-order valence-electron chi connectivity index (χ2n) is 8.82. The van der Waals surface area contributed by atoms with Gasteiger partial charge in [-0.25, -0.2) is 14.4 Å². The van der Waals surface area contributed by atoms with E-state index in [9.17, 15) is 9.50 Å². The number of rotatable bonds is 4. The molecule has 4 atom stereocenters. The predicted octanol–water partition coefficient (Wildman–Crippen LogP) is 2.94. The van der Waals surface area contributed by atoms with Gasteiger partial charge in [0.2, 0.25) is 5.65 Å². The number of benzene rings is 1. The Morgan fingerprint density at radius 1 is 1.30 bits per heavy atom. The van der Waals surface area contributed by atoms with Gasteiger partial charge in [0.15, 0.2) is 5.82 Å². The highest BCUT2D eigenvalue weighted by Gasteiger charge is 2.48. The van der Waals surface area contributed by atoms with Crippen LogP contribution in [0.4, 0.5) is 10.2 Å². The SMILES string of the molecule is CCn1cc2c(Cl)c(-c3[nH]nc4nc(N5[C@H]6CC[C@@H]5[C@@H](F)[C@@H](N)C6)c(CO)nc34)ccc2n1. The molecular formula is C22H24ClFN8O. The van der Waals surface area contributed by atoms with Gasteiger partial charge in [-0.15, -0.1) is 0 Å². The molecule has 5 heterocycles. The fourth-order valence-corrected chi connectivity index (χ4v) is 5.64. The van der Waals surface area contributed by atoms with Gasteiger partial charge in [-0.3, -0.25) is 9.78 Å². The molecular weight excluding hydrogens is 447 g/mol. The van der Waals surface area contributed by atoms with Gasteiger partial charge in [0.25, 0.3) is 0 Å². The van der Waals surface area contributed by atoms with Crippen molar-refractivity contribution < 1.29 is 9.50 Å². The fraction of sp³-hybridized carbons (Fsp3) is 0.455. The molecule has 11 heteroatoms. The number of hydrogen-bond donors (Lipinski definition) is 3. The standard InChI is InChI=1S/C22H24ClFN8O/c1-2-31-8-12-14(30-31)5-4-11(17(12)23)19-20-21(29-28-19)27-22(15(9-33)26-20)32-10-3-6-16(32)18(24)13(25)7-10/h4-5,8,10,13,16,18,33H,2-3,6-7,9,25H2,1H3,(H,27,28,29)/t10-,13-,16+,18-/m0/s1. The van der Waals surface area contributed by atoms with Crippen molar-refractivity contribution in [1.82, 2.24) is 29.9 Å². The average molecular weight is 471 g/mol. The molecule has 0 spiro atoms. The smallest absolute Gasteiger partial charge is 0.202 e. The number of nitrogens with two attached hydrogens (primary N) is 1. The molecule has 33 heavy (non-hydrogen) atoms. The molecule has 0 amide bonds. The lowest BCUT2D eigenvalue weighted by Crippen LogP contribution is -2.56. The molecule has 0 aliphatic carbocycles. The van der Waals surface area contributed by atoms with Crippen LogP contribution in [0.15, 0.2) is 18.3 Å². The molecule has 172 valence electrons. The number of anilines is 1. The van der Waals surface area contributed by atoms with E-state index in [0.29, 0.717) is 46.2 Å². The zero-order chi connectivity index (χ0) is 22.9. The summed E-state index contributed by atoms with van der Waals surface area (Å²) in [4.78, 5) is 11.4. The maximum atomic E-state index is 14.9. The predicted molar refractivity (Wildman–Crippen MR) is 124 cm³/mol. The largest absolute Gasteiger partial charge is 0.390 e. The van der Waals surface area contributed by atoms with Crippen molar-refractivity contribution in [3.63, 3.8) is 0 Å². The number of halogens is 2. The fourth-order valence-electron chi connectivity index (χ4n) is 5.34. The summed E-state index contributed by atoms with van der Waals surface area (Å²) in [5.41, 5.74) is 9.43. The number of aliphatic hydroxyl groups is 1. The second kappa shape index (κ2) is 7.61. The van der Waals surface area contributed by atoms with E-state index in [1.54, 1.807) is 0 Å². The average Bonchev–Trinajstić information content (AvgIpc) is 3.52. The lowest BCUT2D eigenvalue weighted by atomic mass is 9.96. The number of fused-ring (bicyclic) bond motifs is 4. The monoisotopic (exact) mass is 470 g/mol. The molecule has 9 nitrogen and oxygen atoms in total. The Morgan fingerprint density at radius 2 is 2.15 bits per heavy atom. The number of hydrogen-bond acceptors (Lipinski definition) is 7. The van der Waals surface area contributed by atoms with E-state index < -0.39 is 12.2 Å². The molecule has 1 aromatic carbocycles. The van der Waals surface area contributed by atoms with Crippen LogP contribution in [0.25, 0.3) is 33.3 Å². The molecule has 2 fully saturated rings. The van der Waals surface area contributed by atoms with Crippen LogP contribution in [0.2, 0.25) is 5.02 Å². The highest BCUT2D eigenvalue weighted by Crippen LogP contribution is 2.42. The Kier molecular flexibility index (Phi) is 4.79. The van der Waals surface area contributed by atoms with E-state index in [1.807, 2.05) is 34.8 Å². The zero-order valence-electron chi connectivity index (χ0n) is 18.0. The molecule has 2 bridgehead atoms. The van der Waals surface area contributed by atoms with Gasteiger partial charge < -0.3 is 15.7 Å². The third-order valence-corrected chi connectivity index (χ3v) is 7.37. The molecule has 2 saturated heterocycles. The Morgan fingerprint density at radius 3 is 2.94 bits per heavy atom. The topological polar surface area (TPSA) is 122 Å². The highest BCUT2D eigenvalue weighted by molar-refractivity contribution is 6.38. The molecule has 6 rings (SSSR count). The molecule has 4 aromatic rings. The van der Waals surface area contributed by atoms with E-state index in [4.69, 9.17) is 27.3 Å². The number of aryl methyl sites for hydroxylation is 1. The number of nitrogens with zero attached hydrogens (tertiary/aromatic N) is 6. The summed E-state index contributed by atoms with van der Waals surface area (Å²) < 4.78 is 16.7. The van der Waals surface area contributed by atoms with Crippen LogP contribution >= 0.6 is 11.6 Å². The third-order valence-electron chi connectivity index (χ3n) is 6.96. The number of aliphatic hydroxyl groups excluding tert-OH is 1. The van der Waals surface area contributed by atoms with Crippen molar-refractivity contribution in [2.45, 2.75) is 63.6 Å². The molecule has 3 aromatic heterocycles. The van der Waals surface area contributed by atoms with Crippen molar-refractivity contribution in [2.75, 3.05) is 4.90 Å². The summed E-state index contributed by atoms with van der Waals surface area (Å²) in [7, 11) is 0.